The molecule has 1 aromatic carbocycles. The molecule has 41 heavy (non-hydrogen) atoms. The van der Waals surface area contributed by atoms with E-state index in [1.807, 2.05) is 0 Å². The molecule has 0 aliphatic heterocycles. The van der Waals surface area contributed by atoms with E-state index >= 15 is 0 Å². The number of aliphatic carboxylic acids is 1. The van der Waals surface area contributed by atoms with Crippen molar-refractivity contribution in [2.75, 3.05) is 0 Å². The molecule has 2 heterocycles. The van der Waals surface area contributed by atoms with Gasteiger partial charge in [0.15, 0.2) is 0 Å². The lowest BCUT2D eigenvalue weighted by atomic mass is 10.0. The van der Waals surface area contributed by atoms with E-state index in [2.05, 4.69) is 35.9 Å². The van der Waals surface area contributed by atoms with Gasteiger partial charge in [-0.25, -0.2) is 14.8 Å². The van der Waals surface area contributed by atoms with E-state index in [4.69, 9.17) is 11.5 Å². The van der Waals surface area contributed by atoms with Crippen LogP contribution in [0.2, 0.25) is 0 Å². The molecule has 0 fully saturated rings. The molecule has 3 rings (SSSR count). The Bertz CT molecular complexity index is 1330. The predicted molar refractivity (Wildman–Crippen MR) is 142 cm³/mol. The zero-order valence-electron chi connectivity index (χ0n) is 21.7. The Morgan fingerprint density at radius 2 is 1.29 bits per heavy atom. The minimum atomic E-state index is -1.55. The number of rotatable bonds is 15. The summed E-state index contributed by atoms with van der Waals surface area (Å²) in [6.07, 6.45) is 4.78. The number of carbonyl (C=O) groups excluding carboxylic acids is 4. The lowest BCUT2D eigenvalue weighted by molar-refractivity contribution is -0.142. The number of carboxylic acids is 1. The normalized spacial score (nSPS) is 13.8. The topological polar surface area (TPSA) is 271 Å². The van der Waals surface area contributed by atoms with Crippen LogP contribution in [0, 0.1) is 0 Å². The number of H-pyrrole nitrogens is 2. The Balaban J connectivity index is 1.73. The first-order valence-corrected chi connectivity index (χ1v) is 12.4. The average Bonchev–Trinajstić information content (AvgIpc) is 3.63. The Hall–Kier alpha value is -5.25. The van der Waals surface area contributed by atoms with Gasteiger partial charge in [0, 0.05) is 36.6 Å². The number of phenols is 1. The number of nitrogens with one attached hydrogen (secondary N) is 5. The van der Waals surface area contributed by atoms with Crippen LogP contribution in [0.25, 0.3) is 0 Å². The summed E-state index contributed by atoms with van der Waals surface area (Å²) in [5.41, 5.74) is 12.9. The number of nitrogens with two attached hydrogens (primary N) is 2. The second-order valence-corrected chi connectivity index (χ2v) is 9.23. The van der Waals surface area contributed by atoms with Gasteiger partial charge in [0.25, 0.3) is 0 Å². The van der Waals surface area contributed by atoms with Crippen LogP contribution in [0.1, 0.15) is 23.4 Å². The van der Waals surface area contributed by atoms with Crippen LogP contribution < -0.4 is 27.4 Å². The van der Waals surface area contributed by atoms with Crippen LogP contribution in [0.15, 0.2) is 49.3 Å². The maximum Gasteiger partial charge on any atom is 0.326 e. The van der Waals surface area contributed by atoms with E-state index in [0.29, 0.717) is 17.0 Å². The van der Waals surface area contributed by atoms with Crippen molar-refractivity contribution in [3.8, 4) is 5.75 Å². The fourth-order valence-corrected chi connectivity index (χ4v) is 3.85. The van der Waals surface area contributed by atoms with Crippen molar-refractivity contribution in [3.63, 3.8) is 0 Å². The fraction of sp³-hybridized carbons (Fsp3) is 0.320. The number of phenolic OH excluding ortho intramolecular Hbond substituents is 1. The standard InChI is InChI=1S/C25H31N9O7/c26-17(5-13-1-3-16(35)4-2-13)22(37)32-18(6-14-9-28-11-30-14)23(38)33-19(8-21(27)36)24(39)34-20(25(40)41)7-15-10-29-12-31-15/h1-4,9-12,17-20,35H,5-8,26H2,(H2,27,36)(H,28,30)(H,29,31)(H,32,37)(H,33,38)(H,34,39)(H,40,41). The summed E-state index contributed by atoms with van der Waals surface area (Å²) in [7, 11) is 0. The van der Waals surface area contributed by atoms with E-state index in [1.54, 1.807) is 12.1 Å². The molecule has 3 aromatic rings. The van der Waals surface area contributed by atoms with Crippen LogP contribution in [0.3, 0.4) is 0 Å². The van der Waals surface area contributed by atoms with Crippen molar-refractivity contribution in [3.05, 3.63) is 66.3 Å². The van der Waals surface area contributed by atoms with Gasteiger partial charge in [-0.2, -0.15) is 0 Å². The minimum absolute atomic E-state index is 0.0496. The molecule has 4 unspecified atom stereocenters. The van der Waals surface area contributed by atoms with Crippen LogP contribution >= 0.6 is 0 Å². The monoisotopic (exact) mass is 569 g/mol. The van der Waals surface area contributed by atoms with Gasteiger partial charge >= 0.3 is 5.97 Å². The van der Waals surface area contributed by atoms with E-state index in [9.17, 15) is 34.2 Å². The Morgan fingerprint density at radius 1 is 0.780 bits per heavy atom. The molecule has 0 spiro atoms. The summed E-state index contributed by atoms with van der Waals surface area (Å²) >= 11 is 0. The second kappa shape index (κ2) is 14.2. The lowest BCUT2D eigenvalue weighted by Crippen LogP contribution is -2.58. The van der Waals surface area contributed by atoms with Crippen molar-refractivity contribution in [1.82, 2.24) is 35.9 Å². The zero-order chi connectivity index (χ0) is 29.9. The highest BCUT2D eigenvalue weighted by molar-refractivity contribution is 5.96. The van der Waals surface area contributed by atoms with Crippen molar-refractivity contribution < 1.29 is 34.2 Å². The van der Waals surface area contributed by atoms with E-state index in [-0.39, 0.29) is 25.0 Å². The van der Waals surface area contributed by atoms with Crippen LogP contribution in [-0.2, 0) is 43.2 Å². The van der Waals surface area contributed by atoms with E-state index < -0.39 is 60.2 Å². The molecule has 218 valence electrons. The number of aromatic amines is 2. The maximum atomic E-state index is 13.3. The van der Waals surface area contributed by atoms with Gasteiger partial charge in [-0.05, 0) is 24.1 Å². The van der Waals surface area contributed by atoms with Crippen LogP contribution in [0.4, 0.5) is 0 Å². The Labute approximate surface area is 233 Å². The molecule has 0 aliphatic rings. The zero-order valence-corrected chi connectivity index (χ0v) is 21.7. The van der Waals surface area contributed by atoms with Crippen molar-refractivity contribution >= 4 is 29.6 Å². The molecule has 0 aliphatic carbocycles. The molecule has 2 aromatic heterocycles. The van der Waals surface area contributed by atoms with Gasteiger partial charge in [-0.15, -0.1) is 0 Å². The number of carbonyl (C=O) groups is 5. The van der Waals surface area contributed by atoms with Gasteiger partial charge in [0.2, 0.25) is 23.6 Å². The number of aromatic hydroxyl groups is 1. The summed E-state index contributed by atoms with van der Waals surface area (Å²) in [5.74, 6) is -4.75. The molecule has 0 radical (unpaired) electrons. The summed E-state index contributed by atoms with van der Waals surface area (Å²) in [4.78, 5) is 75.9. The summed E-state index contributed by atoms with van der Waals surface area (Å²) in [6.45, 7) is 0. The smallest absolute Gasteiger partial charge is 0.326 e. The number of imidazole rings is 2. The summed E-state index contributed by atoms with van der Waals surface area (Å²) < 4.78 is 0. The molecule has 11 N–H and O–H groups in total. The molecule has 16 nitrogen and oxygen atoms in total. The SMILES string of the molecule is NC(=O)CC(NC(=O)C(Cc1cnc[nH]1)NC(=O)C(N)Cc1ccc(O)cc1)C(=O)NC(Cc1cnc[nH]1)C(=O)O. The van der Waals surface area contributed by atoms with E-state index in [1.165, 1.54) is 37.2 Å². The van der Waals surface area contributed by atoms with E-state index in [0.717, 1.165) is 0 Å². The number of benzene rings is 1. The van der Waals surface area contributed by atoms with Crippen molar-refractivity contribution in [1.29, 1.82) is 0 Å². The number of aromatic nitrogens is 4. The fourth-order valence-electron chi connectivity index (χ4n) is 3.85. The van der Waals surface area contributed by atoms with Gasteiger partial charge in [-0.1, -0.05) is 12.1 Å². The quantitative estimate of drug-likeness (QED) is 0.0936. The average molecular weight is 570 g/mol. The second-order valence-electron chi connectivity index (χ2n) is 9.23. The third-order valence-electron chi connectivity index (χ3n) is 5.97. The van der Waals surface area contributed by atoms with Gasteiger partial charge in [0.1, 0.15) is 23.9 Å². The molecule has 4 atom stereocenters. The van der Waals surface area contributed by atoms with Crippen LogP contribution in [-0.4, -0.2) is 83.9 Å². The number of carboxylic acid groups (broad SMARTS) is 1. The molecule has 16 heteroatoms. The molecule has 0 bridgehead atoms. The maximum absolute atomic E-state index is 13.3. The highest BCUT2D eigenvalue weighted by Gasteiger charge is 2.32. The van der Waals surface area contributed by atoms with Gasteiger partial charge in [-0.3, -0.25) is 19.2 Å². The highest BCUT2D eigenvalue weighted by atomic mass is 16.4. The first kappa shape index (κ1) is 30.3. The lowest BCUT2D eigenvalue weighted by Gasteiger charge is -2.24. The van der Waals surface area contributed by atoms with Crippen molar-refractivity contribution in [2.45, 2.75) is 49.9 Å². The van der Waals surface area contributed by atoms with Crippen molar-refractivity contribution in [2.24, 2.45) is 11.5 Å². The van der Waals surface area contributed by atoms with Gasteiger partial charge < -0.3 is 47.6 Å². The van der Waals surface area contributed by atoms with Crippen LogP contribution in [0.5, 0.6) is 5.75 Å². The number of nitrogens with zero attached hydrogens (tertiary/aromatic N) is 2. The molecule has 0 saturated heterocycles. The molecule has 0 saturated carbocycles. The number of amides is 4. The third-order valence-corrected chi connectivity index (χ3v) is 5.97. The minimum Gasteiger partial charge on any atom is -0.508 e. The first-order valence-electron chi connectivity index (χ1n) is 12.4. The molecule has 4 amide bonds. The third kappa shape index (κ3) is 9.47. The number of hydrogen-bond donors (Lipinski definition) is 9. The molecular formula is C25H31N9O7. The Morgan fingerprint density at radius 3 is 1.80 bits per heavy atom. The number of hydrogen-bond acceptors (Lipinski definition) is 9. The number of primary amides is 1. The highest BCUT2D eigenvalue weighted by Crippen LogP contribution is 2.11. The van der Waals surface area contributed by atoms with Gasteiger partial charge in [0.05, 0.1) is 25.1 Å². The summed E-state index contributed by atoms with van der Waals surface area (Å²) in [5, 5.41) is 26.2. The Kier molecular flexibility index (Phi) is 10.5. The summed E-state index contributed by atoms with van der Waals surface area (Å²) in [6, 6.07) is 0.800. The predicted octanol–water partition coefficient (Wildman–Crippen LogP) is -2.39. The molecular weight excluding hydrogens is 538 g/mol. The first-order chi connectivity index (χ1) is 19.5. The largest absolute Gasteiger partial charge is 0.508 e.